The molecule has 94 valence electrons. The van der Waals surface area contributed by atoms with E-state index in [0.29, 0.717) is 5.02 Å². The first-order valence-corrected chi connectivity index (χ1v) is 5.75. The average Bonchev–Trinajstić information content (AvgIpc) is 2.99. The van der Waals surface area contributed by atoms with Crippen LogP contribution in [0.2, 0.25) is 5.02 Å². The van der Waals surface area contributed by atoms with Crippen LogP contribution >= 0.6 is 24.0 Å². The quantitative estimate of drug-likeness (QED) is 0.888. The van der Waals surface area contributed by atoms with Gasteiger partial charge >= 0.3 is 0 Å². The number of hydrogen-bond donors (Lipinski definition) is 2. The maximum absolute atomic E-state index is 11.6. The molecule has 3 nitrogen and oxygen atoms in total. The lowest BCUT2D eigenvalue weighted by atomic mass is 10.0. The van der Waals surface area contributed by atoms with Crippen molar-refractivity contribution in [2.24, 2.45) is 5.73 Å². The van der Waals surface area contributed by atoms with Gasteiger partial charge in [0.05, 0.1) is 11.6 Å². The van der Waals surface area contributed by atoms with Crippen LogP contribution in [0.3, 0.4) is 0 Å². The summed E-state index contributed by atoms with van der Waals surface area (Å²) in [4.78, 5) is 11.6. The lowest BCUT2D eigenvalue weighted by Crippen LogP contribution is -2.44. The predicted octanol–water partition coefficient (Wildman–Crippen LogP) is 2.21. The van der Waals surface area contributed by atoms with Gasteiger partial charge in [0.2, 0.25) is 5.91 Å². The Labute approximate surface area is 112 Å². The van der Waals surface area contributed by atoms with E-state index >= 15 is 0 Å². The Balaban J connectivity index is 0.00000144. The molecule has 2 rings (SSSR count). The number of nitrogens with two attached hydrogens (primary N) is 1. The summed E-state index contributed by atoms with van der Waals surface area (Å²) in [6, 6.07) is 7.13. The third-order valence-corrected chi connectivity index (χ3v) is 3.17. The normalized spacial score (nSPS) is 17.8. The van der Waals surface area contributed by atoms with Crippen molar-refractivity contribution >= 4 is 29.9 Å². The molecule has 1 aliphatic rings. The number of rotatable bonds is 3. The van der Waals surface area contributed by atoms with Gasteiger partial charge in [0.25, 0.3) is 0 Å². The molecule has 0 heterocycles. The van der Waals surface area contributed by atoms with Crippen molar-refractivity contribution in [3.63, 3.8) is 0 Å². The molecule has 1 amide bonds. The summed E-state index contributed by atoms with van der Waals surface area (Å²) in [5.74, 6) is -0.104. The summed E-state index contributed by atoms with van der Waals surface area (Å²) in [6.07, 6.45) is 1.93. The van der Waals surface area contributed by atoms with E-state index in [9.17, 15) is 4.79 Å². The van der Waals surface area contributed by atoms with Gasteiger partial charge in [-0.25, -0.2) is 0 Å². The second-order valence-corrected chi connectivity index (χ2v) is 4.80. The second-order valence-electron chi connectivity index (χ2n) is 4.37. The minimum absolute atomic E-state index is 0. The molecule has 1 saturated carbocycles. The van der Waals surface area contributed by atoms with Crippen molar-refractivity contribution < 1.29 is 4.79 Å². The monoisotopic (exact) mass is 274 g/mol. The lowest BCUT2D eigenvalue weighted by Gasteiger charge is -2.19. The highest BCUT2D eigenvalue weighted by atomic mass is 35.5. The third-order valence-electron chi connectivity index (χ3n) is 2.92. The SMILES string of the molecule is C[C@@H](N)C(=O)NC1(c2ccc(Cl)cc2)CC1.Cl. The number of hydrogen-bond acceptors (Lipinski definition) is 2. The highest BCUT2D eigenvalue weighted by Gasteiger charge is 2.45. The van der Waals surface area contributed by atoms with Crippen molar-refractivity contribution in [3.05, 3.63) is 34.9 Å². The third kappa shape index (κ3) is 3.12. The summed E-state index contributed by atoms with van der Waals surface area (Å²) in [5.41, 5.74) is 6.44. The zero-order valence-corrected chi connectivity index (χ0v) is 11.1. The van der Waals surface area contributed by atoms with Crippen molar-refractivity contribution in [1.82, 2.24) is 5.32 Å². The smallest absolute Gasteiger partial charge is 0.237 e. The van der Waals surface area contributed by atoms with Crippen molar-refractivity contribution in [2.45, 2.75) is 31.3 Å². The van der Waals surface area contributed by atoms with Gasteiger partial charge in [-0.1, -0.05) is 23.7 Å². The first-order valence-electron chi connectivity index (χ1n) is 5.37. The fourth-order valence-electron chi connectivity index (χ4n) is 1.73. The Morgan fingerprint density at radius 2 is 1.94 bits per heavy atom. The Kier molecular flexibility index (Phi) is 4.42. The van der Waals surface area contributed by atoms with Crippen molar-refractivity contribution in [3.8, 4) is 0 Å². The lowest BCUT2D eigenvalue weighted by molar-refractivity contribution is -0.123. The predicted molar refractivity (Wildman–Crippen MR) is 71.4 cm³/mol. The number of amides is 1. The van der Waals surface area contributed by atoms with E-state index in [-0.39, 0.29) is 23.9 Å². The van der Waals surface area contributed by atoms with Crippen molar-refractivity contribution in [1.29, 1.82) is 0 Å². The summed E-state index contributed by atoms with van der Waals surface area (Å²) in [7, 11) is 0. The van der Waals surface area contributed by atoms with E-state index in [1.54, 1.807) is 6.92 Å². The standard InChI is InChI=1S/C12H15ClN2O.ClH/c1-8(14)11(16)15-12(6-7-12)9-2-4-10(13)5-3-9;/h2-5,8H,6-7,14H2,1H3,(H,15,16);1H/t8-;/m1./s1. The number of carbonyl (C=O) groups excluding carboxylic acids is 1. The van der Waals surface area contributed by atoms with Gasteiger partial charge in [-0.15, -0.1) is 12.4 Å². The number of benzene rings is 1. The maximum atomic E-state index is 11.6. The second kappa shape index (κ2) is 5.25. The largest absolute Gasteiger partial charge is 0.345 e. The van der Waals surface area contributed by atoms with Gasteiger partial charge in [0, 0.05) is 5.02 Å². The fourth-order valence-corrected chi connectivity index (χ4v) is 1.86. The Morgan fingerprint density at radius 1 is 1.41 bits per heavy atom. The van der Waals surface area contributed by atoms with E-state index < -0.39 is 6.04 Å². The maximum Gasteiger partial charge on any atom is 0.237 e. The molecule has 1 aromatic rings. The van der Waals surface area contributed by atoms with E-state index in [1.807, 2.05) is 24.3 Å². The van der Waals surface area contributed by atoms with Crippen LogP contribution in [-0.4, -0.2) is 11.9 Å². The number of halogens is 2. The topological polar surface area (TPSA) is 55.1 Å². The molecule has 0 bridgehead atoms. The molecule has 0 radical (unpaired) electrons. The molecule has 0 aliphatic heterocycles. The van der Waals surface area contributed by atoms with Crippen LogP contribution in [0.5, 0.6) is 0 Å². The molecule has 0 unspecified atom stereocenters. The Morgan fingerprint density at radius 3 is 2.35 bits per heavy atom. The molecular weight excluding hydrogens is 259 g/mol. The summed E-state index contributed by atoms with van der Waals surface area (Å²) in [6.45, 7) is 1.69. The molecule has 1 fully saturated rings. The molecule has 1 atom stereocenters. The van der Waals surface area contributed by atoms with Gasteiger partial charge in [-0.05, 0) is 37.5 Å². The highest BCUT2D eigenvalue weighted by molar-refractivity contribution is 6.30. The molecule has 1 aromatic carbocycles. The number of nitrogens with one attached hydrogen (secondary N) is 1. The fraction of sp³-hybridized carbons (Fsp3) is 0.417. The van der Waals surface area contributed by atoms with Crippen LogP contribution in [0.15, 0.2) is 24.3 Å². The Bertz CT molecular complexity index is 399. The average molecular weight is 275 g/mol. The van der Waals surface area contributed by atoms with Crippen LogP contribution < -0.4 is 11.1 Å². The molecule has 17 heavy (non-hydrogen) atoms. The molecule has 1 aliphatic carbocycles. The van der Waals surface area contributed by atoms with Crippen LogP contribution in [0.4, 0.5) is 0 Å². The molecule has 0 saturated heterocycles. The zero-order valence-electron chi connectivity index (χ0n) is 9.57. The van der Waals surface area contributed by atoms with E-state index in [2.05, 4.69) is 5.32 Å². The summed E-state index contributed by atoms with van der Waals surface area (Å²) < 4.78 is 0. The summed E-state index contributed by atoms with van der Waals surface area (Å²) >= 11 is 5.83. The van der Waals surface area contributed by atoms with E-state index in [0.717, 1.165) is 18.4 Å². The van der Waals surface area contributed by atoms with E-state index in [1.165, 1.54) is 0 Å². The van der Waals surface area contributed by atoms with Crippen LogP contribution in [0.1, 0.15) is 25.3 Å². The van der Waals surface area contributed by atoms with Gasteiger partial charge in [0.1, 0.15) is 0 Å². The van der Waals surface area contributed by atoms with Crippen LogP contribution in [0, 0.1) is 0 Å². The van der Waals surface area contributed by atoms with E-state index in [4.69, 9.17) is 17.3 Å². The van der Waals surface area contributed by atoms with Gasteiger partial charge in [-0.3, -0.25) is 4.79 Å². The van der Waals surface area contributed by atoms with Crippen molar-refractivity contribution in [2.75, 3.05) is 0 Å². The summed E-state index contributed by atoms with van der Waals surface area (Å²) in [5, 5.41) is 3.70. The Hall–Kier alpha value is -0.770. The van der Waals surface area contributed by atoms with Crippen LogP contribution in [0.25, 0.3) is 0 Å². The van der Waals surface area contributed by atoms with Crippen LogP contribution in [-0.2, 0) is 10.3 Å². The number of carbonyl (C=O) groups is 1. The molecule has 5 heteroatoms. The van der Waals surface area contributed by atoms with Gasteiger partial charge < -0.3 is 11.1 Å². The minimum Gasteiger partial charge on any atom is -0.345 e. The molecule has 0 aromatic heterocycles. The first kappa shape index (κ1) is 14.3. The molecule has 0 spiro atoms. The molecular formula is C12H16Cl2N2O. The zero-order chi connectivity index (χ0) is 11.8. The first-order chi connectivity index (χ1) is 7.53. The van der Waals surface area contributed by atoms with Gasteiger partial charge in [0.15, 0.2) is 0 Å². The minimum atomic E-state index is -0.468. The highest BCUT2D eigenvalue weighted by Crippen LogP contribution is 2.45. The van der Waals surface area contributed by atoms with Gasteiger partial charge in [-0.2, -0.15) is 0 Å². The molecule has 3 N–H and O–H groups in total.